The van der Waals surface area contributed by atoms with Gasteiger partial charge >= 0.3 is 0 Å². The summed E-state index contributed by atoms with van der Waals surface area (Å²) in [4.78, 5) is 19.5. The van der Waals surface area contributed by atoms with Gasteiger partial charge in [-0.25, -0.2) is 4.98 Å². The number of carbonyl (C=O) groups is 1. The minimum atomic E-state index is -0.128. The Kier molecular flexibility index (Phi) is 6.95. The van der Waals surface area contributed by atoms with Crippen LogP contribution in [0.3, 0.4) is 0 Å². The van der Waals surface area contributed by atoms with E-state index in [-0.39, 0.29) is 11.9 Å². The van der Waals surface area contributed by atoms with Crippen LogP contribution in [-0.2, 0) is 13.5 Å². The van der Waals surface area contributed by atoms with Gasteiger partial charge in [-0.3, -0.25) is 14.4 Å². The summed E-state index contributed by atoms with van der Waals surface area (Å²) in [6, 6.07) is 10.7. The summed E-state index contributed by atoms with van der Waals surface area (Å²) in [5.74, 6) is -0.128. The molecule has 0 radical (unpaired) electrons. The van der Waals surface area contributed by atoms with Crippen molar-refractivity contribution in [3.63, 3.8) is 0 Å². The van der Waals surface area contributed by atoms with Gasteiger partial charge in [0, 0.05) is 36.8 Å². The van der Waals surface area contributed by atoms with Crippen LogP contribution >= 0.6 is 11.3 Å². The Morgan fingerprint density at radius 1 is 1.25 bits per heavy atom. The maximum Gasteiger partial charge on any atom is 0.270 e. The van der Waals surface area contributed by atoms with E-state index in [0.29, 0.717) is 12.2 Å². The number of amides is 1. The first-order valence-corrected chi connectivity index (χ1v) is 10.5. The number of rotatable bonds is 9. The molecule has 0 aliphatic heterocycles. The molecule has 0 spiro atoms. The zero-order chi connectivity index (χ0) is 19.9. The van der Waals surface area contributed by atoms with Gasteiger partial charge < -0.3 is 5.32 Å². The third-order valence-corrected chi connectivity index (χ3v) is 5.72. The molecule has 0 fully saturated rings. The SMILES string of the molecule is CCN(CC)[C@@H](CNC(=O)c1csc(-c2cnn(C)c2)n1)Cc1ccccc1. The molecule has 0 saturated carbocycles. The molecule has 6 nitrogen and oxygen atoms in total. The summed E-state index contributed by atoms with van der Waals surface area (Å²) in [5.41, 5.74) is 2.67. The van der Waals surface area contributed by atoms with Crippen LogP contribution in [0.25, 0.3) is 10.6 Å². The summed E-state index contributed by atoms with van der Waals surface area (Å²) >= 11 is 1.46. The van der Waals surface area contributed by atoms with Crippen LogP contribution in [-0.4, -0.2) is 51.2 Å². The Morgan fingerprint density at radius 3 is 2.64 bits per heavy atom. The molecule has 0 bridgehead atoms. The highest BCUT2D eigenvalue weighted by molar-refractivity contribution is 7.13. The number of nitrogens with one attached hydrogen (secondary N) is 1. The lowest BCUT2D eigenvalue weighted by atomic mass is 10.0. The molecule has 2 heterocycles. The van der Waals surface area contributed by atoms with Gasteiger partial charge in [0.2, 0.25) is 0 Å². The topological polar surface area (TPSA) is 63.1 Å². The molecule has 3 rings (SSSR count). The highest BCUT2D eigenvalue weighted by Crippen LogP contribution is 2.22. The number of benzene rings is 1. The van der Waals surface area contributed by atoms with E-state index in [1.165, 1.54) is 16.9 Å². The number of aromatic nitrogens is 3. The van der Waals surface area contributed by atoms with E-state index < -0.39 is 0 Å². The second-order valence-corrected chi connectivity index (χ2v) is 7.57. The highest BCUT2D eigenvalue weighted by Gasteiger charge is 2.19. The molecule has 1 aromatic carbocycles. The Labute approximate surface area is 170 Å². The fourth-order valence-corrected chi connectivity index (χ4v) is 4.08. The van der Waals surface area contributed by atoms with E-state index in [2.05, 4.69) is 58.4 Å². The van der Waals surface area contributed by atoms with Gasteiger partial charge in [0.1, 0.15) is 10.7 Å². The molecule has 148 valence electrons. The summed E-state index contributed by atoms with van der Waals surface area (Å²) in [6.07, 6.45) is 4.56. The fourth-order valence-electron chi connectivity index (χ4n) is 3.30. The molecule has 28 heavy (non-hydrogen) atoms. The molecule has 1 atom stereocenters. The molecule has 1 N–H and O–H groups in total. The van der Waals surface area contributed by atoms with E-state index in [0.717, 1.165) is 30.1 Å². The van der Waals surface area contributed by atoms with Gasteiger partial charge in [-0.1, -0.05) is 44.2 Å². The Bertz CT molecular complexity index is 885. The first kappa shape index (κ1) is 20.2. The standard InChI is InChI=1S/C21H27N5OS/c1-4-26(5-2)18(11-16-9-7-6-8-10-16)13-22-20(27)19-15-28-21(24-19)17-12-23-25(3)14-17/h6-10,12,14-15,18H,4-5,11,13H2,1-3H3,(H,22,27)/t18-/m1/s1. The van der Waals surface area contributed by atoms with Gasteiger partial charge in [-0.05, 0) is 25.1 Å². The van der Waals surface area contributed by atoms with Crippen molar-refractivity contribution >= 4 is 17.2 Å². The van der Waals surface area contributed by atoms with Gasteiger partial charge in [0.15, 0.2) is 0 Å². The molecule has 7 heteroatoms. The molecule has 0 aliphatic rings. The Morgan fingerprint density at radius 2 is 2.00 bits per heavy atom. The van der Waals surface area contributed by atoms with Crippen molar-refractivity contribution in [1.82, 2.24) is 25.0 Å². The maximum atomic E-state index is 12.6. The Balaban J connectivity index is 1.65. The summed E-state index contributed by atoms with van der Waals surface area (Å²) in [5, 5.41) is 9.86. The number of thiazole rings is 1. The van der Waals surface area contributed by atoms with E-state index in [1.807, 2.05) is 19.3 Å². The van der Waals surface area contributed by atoms with Crippen molar-refractivity contribution in [2.75, 3.05) is 19.6 Å². The smallest absolute Gasteiger partial charge is 0.270 e. The largest absolute Gasteiger partial charge is 0.349 e. The number of nitrogens with zero attached hydrogens (tertiary/aromatic N) is 4. The van der Waals surface area contributed by atoms with Crippen LogP contribution in [0.5, 0.6) is 0 Å². The van der Waals surface area contributed by atoms with Crippen LogP contribution in [0, 0.1) is 0 Å². The average Bonchev–Trinajstić information content (AvgIpc) is 3.36. The zero-order valence-corrected chi connectivity index (χ0v) is 17.4. The predicted octanol–water partition coefficient (Wildman–Crippen LogP) is 3.23. The van der Waals surface area contributed by atoms with Crippen molar-refractivity contribution < 1.29 is 4.79 Å². The second-order valence-electron chi connectivity index (χ2n) is 6.72. The normalized spacial score (nSPS) is 12.3. The van der Waals surface area contributed by atoms with E-state index >= 15 is 0 Å². The third-order valence-electron chi connectivity index (χ3n) is 4.83. The molecule has 0 aliphatic carbocycles. The van der Waals surface area contributed by atoms with Crippen LogP contribution in [0.2, 0.25) is 0 Å². The van der Waals surface area contributed by atoms with Crippen molar-refractivity contribution in [3.05, 3.63) is 59.4 Å². The number of aryl methyl sites for hydroxylation is 1. The van der Waals surface area contributed by atoms with Crippen molar-refractivity contribution in [1.29, 1.82) is 0 Å². The second kappa shape index (κ2) is 9.61. The number of hydrogen-bond donors (Lipinski definition) is 1. The van der Waals surface area contributed by atoms with Gasteiger partial charge in [-0.15, -0.1) is 11.3 Å². The monoisotopic (exact) mass is 397 g/mol. The minimum absolute atomic E-state index is 0.128. The minimum Gasteiger partial charge on any atom is -0.349 e. The summed E-state index contributed by atoms with van der Waals surface area (Å²) < 4.78 is 1.73. The Hall–Kier alpha value is -2.51. The molecular weight excluding hydrogens is 370 g/mol. The van der Waals surface area contributed by atoms with Crippen LogP contribution in [0.4, 0.5) is 0 Å². The number of likely N-dealkylation sites (N-methyl/N-ethyl adjacent to an activating group) is 1. The zero-order valence-electron chi connectivity index (χ0n) is 16.6. The van der Waals surface area contributed by atoms with Crippen molar-refractivity contribution in [3.8, 4) is 10.6 Å². The number of carbonyl (C=O) groups excluding carboxylic acids is 1. The first-order valence-electron chi connectivity index (χ1n) is 9.61. The highest BCUT2D eigenvalue weighted by atomic mass is 32.1. The lowest BCUT2D eigenvalue weighted by Gasteiger charge is -2.30. The third kappa shape index (κ3) is 5.05. The molecular formula is C21H27N5OS. The predicted molar refractivity (Wildman–Crippen MR) is 114 cm³/mol. The van der Waals surface area contributed by atoms with Gasteiger partial charge in [-0.2, -0.15) is 5.10 Å². The molecule has 0 saturated heterocycles. The van der Waals surface area contributed by atoms with E-state index in [9.17, 15) is 4.79 Å². The van der Waals surface area contributed by atoms with Crippen LogP contribution in [0.15, 0.2) is 48.1 Å². The lowest BCUT2D eigenvalue weighted by molar-refractivity contribution is 0.0930. The molecule has 0 unspecified atom stereocenters. The van der Waals surface area contributed by atoms with E-state index in [4.69, 9.17) is 0 Å². The number of hydrogen-bond acceptors (Lipinski definition) is 5. The summed E-state index contributed by atoms with van der Waals surface area (Å²) in [7, 11) is 1.87. The van der Waals surface area contributed by atoms with E-state index in [1.54, 1.807) is 16.3 Å². The quantitative estimate of drug-likeness (QED) is 0.602. The molecule has 3 aromatic rings. The summed E-state index contributed by atoms with van der Waals surface area (Å²) in [6.45, 7) is 6.81. The lowest BCUT2D eigenvalue weighted by Crippen LogP contribution is -2.45. The average molecular weight is 398 g/mol. The van der Waals surface area contributed by atoms with Crippen LogP contribution < -0.4 is 5.32 Å². The maximum absolute atomic E-state index is 12.6. The molecule has 1 amide bonds. The van der Waals surface area contributed by atoms with Crippen molar-refractivity contribution in [2.24, 2.45) is 7.05 Å². The van der Waals surface area contributed by atoms with Crippen molar-refractivity contribution in [2.45, 2.75) is 26.3 Å². The van der Waals surface area contributed by atoms with Gasteiger partial charge in [0.25, 0.3) is 5.91 Å². The van der Waals surface area contributed by atoms with Crippen LogP contribution in [0.1, 0.15) is 29.9 Å². The fraction of sp³-hybridized carbons (Fsp3) is 0.381. The van der Waals surface area contributed by atoms with Gasteiger partial charge in [0.05, 0.1) is 6.20 Å². The first-order chi connectivity index (χ1) is 13.6. The molecule has 2 aromatic heterocycles.